The fourth-order valence-electron chi connectivity index (χ4n) is 7.60. The fraction of sp³-hybridized carbons (Fsp3) is 0. The van der Waals surface area contributed by atoms with E-state index in [4.69, 9.17) is 19.4 Å². The van der Waals surface area contributed by atoms with Gasteiger partial charge in [-0.3, -0.25) is 0 Å². The number of benzene rings is 7. The first-order valence-electron chi connectivity index (χ1n) is 17.0. The highest BCUT2D eigenvalue weighted by Crippen LogP contribution is 2.50. The Balaban J connectivity index is 1.24. The van der Waals surface area contributed by atoms with E-state index in [-0.39, 0.29) is 0 Å². The van der Waals surface area contributed by atoms with Gasteiger partial charge in [0.1, 0.15) is 11.2 Å². The fourth-order valence-corrected chi connectivity index (χ4v) is 8.86. The molecule has 0 saturated carbocycles. The minimum absolute atomic E-state index is 0.621. The Hall–Kier alpha value is -6.63. The van der Waals surface area contributed by atoms with Gasteiger partial charge < -0.3 is 8.98 Å². The molecule has 0 unspecified atom stereocenters. The molecule has 0 fully saturated rings. The first-order valence-corrected chi connectivity index (χ1v) is 17.8. The number of hydrogen-bond donors (Lipinski definition) is 0. The largest absolute Gasteiger partial charge is 0.455 e. The number of thiophene rings is 1. The van der Waals surface area contributed by atoms with Crippen molar-refractivity contribution in [2.75, 3.05) is 0 Å². The van der Waals surface area contributed by atoms with Crippen LogP contribution in [0.4, 0.5) is 0 Å². The molecule has 7 aromatic carbocycles. The molecule has 5 nitrogen and oxygen atoms in total. The number of aromatic nitrogens is 4. The Bertz CT molecular complexity index is 3050. The van der Waals surface area contributed by atoms with Crippen LogP contribution in [0.15, 0.2) is 162 Å². The molecule has 6 heteroatoms. The van der Waals surface area contributed by atoms with E-state index in [9.17, 15) is 0 Å². The zero-order chi connectivity index (χ0) is 33.5. The van der Waals surface area contributed by atoms with Gasteiger partial charge in [-0.2, -0.15) is 0 Å². The summed E-state index contributed by atoms with van der Waals surface area (Å²) in [5, 5.41) is 7.07. The average molecular weight is 671 g/mol. The van der Waals surface area contributed by atoms with Crippen molar-refractivity contribution >= 4 is 75.3 Å². The van der Waals surface area contributed by atoms with Gasteiger partial charge in [0, 0.05) is 58.7 Å². The molecule has 0 aliphatic heterocycles. The standard InChI is InChI=1S/C45H26N4OS/c1-3-14-27(15-4-1)43-46-44(28-16-5-2-6-17-28)48-45(47-43)29-18-13-19-30(26-29)49-34-23-10-7-20-31(34)37-40(49)38-33-22-9-12-25-36(33)51-42(38)39-32-21-8-11-24-35(32)50-41(37)39/h1-26H. The Kier molecular flexibility index (Phi) is 6.05. The van der Waals surface area contributed by atoms with E-state index in [2.05, 4.69) is 95.6 Å². The van der Waals surface area contributed by atoms with Crippen LogP contribution in [0.2, 0.25) is 0 Å². The Labute approximate surface area is 295 Å². The molecule has 0 aliphatic rings. The molecule has 11 rings (SSSR count). The second-order valence-electron chi connectivity index (χ2n) is 12.8. The van der Waals surface area contributed by atoms with Crippen LogP contribution in [0.3, 0.4) is 0 Å². The van der Waals surface area contributed by atoms with Crippen molar-refractivity contribution in [2.45, 2.75) is 0 Å². The van der Waals surface area contributed by atoms with E-state index in [0.29, 0.717) is 17.5 Å². The first-order chi connectivity index (χ1) is 25.3. The van der Waals surface area contributed by atoms with E-state index in [0.717, 1.165) is 60.7 Å². The summed E-state index contributed by atoms with van der Waals surface area (Å²) in [5.41, 5.74) is 7.89. The van der Waals surface area contributed by atoms with Gasteiger partial charge in [-0.05, 0) is 30.3 Å². The molecule has 11 aromatic rings. The maximum absolute atomic E-state index is 6.80. The van der Waals surface area contributed by atoms with E-state index < -0.39 is 0 Å². The minimum Gasteiger partial charge on any atom is -0.455 e. The molecule has 0 saturated heterocycles. The highest BCUT2D eigenvalue weighted by atomic mass is 32.1. The molecule has 51 heavy (non-hydrogen) atoms. The van der Waals surface area contributed by atoms with Crippen molar-refractivity contribution in [1.29, 1.82) is 0 Å². The van der Waals surface area contributed by atoms with Gasteiger partial charge in [0.25, 0.3) is 0 Å². The van der Waals surface area contributed by atoms with Crippen molar-refractivity contribution in [3.63, 3.8) is 0 Å². The van der Waals surface area contributed by atoms with Crippen LogP contribution < -0.4 is 0 Å². The van der Waals surface area contributed by atoms with E-state index in [1.54, 1.807) is 0 Å². The summed E-state index contributed by atoms with van der Waals surface area (Å²) in [7, 11) is 0. The van der Waals surface area contributed by atoms with Crippen molar-refractivity contribution in [2.24, 2.45) is 0 Å². The molecule has 0 amide bonds. The quantitative estimate of drug-likeness (QED) is 0.187. The number of para-hydroxylation sites is 2. The van der Waals surface area contributed by atoms with Gasteiger partial charge in [0.15, 0.2) is 17.5 Å². The van der Waals surface area contributed by atoms with Gasteiger partial charge in [0.2, 0.25) is 0 Å². The van der Waals surface area contributed by atoms with Crippen LogP contribution in [0.1, 0.15) is 0 Å². The summed E-state index contributed by atoms with van der Waals surface area (Å²) >= 11 is 1.84. The monoisotopic (exact) mass is 670 g/mol. The van der Waals surface area contributed by atoms with E-state index in [1.807, 2.05) is 78.1 Å². The Morgan fingerprint density at radius 3 is 1.80 bits per heavy atom. The molecule has 4 aromatic heterocycles. The summed E-state index contributed by atoms with van der Waals surface area (Å²) in [4.78, 5) is 15.0. The zero-order valence-corrected chi connectivity index (χ0v) is 27.9. The topological polar surface area (TPSA) is 56.7 Å². The highest BCUT2D eigenvalue weighted by molar-refractivity contribution is 7.27. The molecular weight excluding hydrogens is 645 g/mol. The second kappa shape index (κ2) is 10.9. The molecule has 0 radical (unpaired) electrons. The first kappa shape index (κ1) is 28.2. The van der Waals surface area contributed by atoms with Crippen LogP contribution in [0.25, 0.3) is 104 Å². The van der Waals surface area contributed by atoms with Crippen molar-refractivity contribution in [3.8, 4) is 39.9 Å². The molecule has 0 atom stereocenters. The number of fused-ring (bicyclic) bond motifs is 12. The molecule has 238 valence electrons. The summed E-state index contributed by atoms with van der Waals surface area (Å²) < 4.78 is 11.7. The van der Waals surface area contributed by atoms with Crippen LogP contribution in [0, 0.1) is 0 Å². The van der Waals surface area contributed by atoms with Crippen LogP contribution >= 0.6 is 11.3 Å². The summed E-state index contributed by atoms with van der Waals surface area (Å²) in [6.45, 7) is 0. The number of nitrogens with zero attached hydrogens (tertiary/aromatic N) is 4. The van der Waals surface area contributed by atoms with Crippen LogP contribution in [-0.2, 0) is 0 Å². The van der Waals surface area contributed by atoms with Crippen molar-refractivity contribution in [3.05, 3.63) is 158 Å². The lowest BCUT2D eigenvalue weighted by Crippen LogP contribution is -2.01. The molecule has 4 heterocycles. The molecule has 0 N–H and O–H groups in total. The minimum atomic E-state index is 0.621. The third kappa shape index (κ3) is 4.24. The van der Waals surface area contributed by atoms with E-state index >= 15 is 0 Å². The van der Waals surface area contributed by atoms with Gasteiger partial charge in [-0.25, -0.2) is 15.0 Å². The highest BCUT2D eigenvalue weighted by Gasteiger charge is 2.25. The van der Waals surface area contributed by atoms with Gasteiger partial charge in [-0.1, -0.05) is 127 Å². The summed E-state index contributed by atoms with van der Waals surface area (Å²) in [6, 6.07) is 54.6. The lowest BCUT2D eigenvalue weighted by atomic mass is 10.0. The summed E-state index contributed by atoms with van der Waals surface area (Å²) in [6.07, 6.45) is 0. The number of furan rings is 1. The van der Waals surface area contributed by atoms with Crippen LogP contribution in [-0.4, -0.2) is 19.5 Å². The van der Waals surface area contributed by atoms with Gasteiger partial charge in [-0.15, -0.1) is 11.3 Å². The van der Waals surface area contributed by atoms with E-state index in [1.165, 1.54) is 25.6 Å². The average Bonchev–Trinajstić information content (AvgIpc) is 3.88. The number of rotatable bonds is 4. The smallest absolute Gasteiger partial charge is 0.164 e. The predicted molar refractivity (Wildman–Crippen MR) is 211 cm³/mol. The lowest BCUT2D eigenvalue weighted by Gasteiger charge is -2.12. The van der Waals surface area contributed by atoms with Crippen molar-refractivity contribution < 1.29 is 4.42 Å². The Morgan fingerprint density at radius 1 is 0.471 bits per heavy atom. The third-order valence-corrected chi connectivity index (χ3v) is 11.0. The predicted octanol–water partition coefficient (Wildman–Crippen LogP) is 12.2. The summed E-state index contributed by atoms with van der Waals surface area (Å²) in [5.74, 6) is 1.90. The molecular formula is C45H26N4OS. The molecule has 0 spiro atoms. The molecule has 0 bridgehead atoms. The third-order valence-electron chi connectivity index (χ3n) is 9.82. The SMILES string of the molecule is c1ccc(-c2nc(-c3ccccc3)nc(-c3cccc(-n4c5ccccc5c5c6oc7ccccc7c6c6sc7ccccc7c6c54)c3)n2)cc1. The van der Waals surface area contributed by atoms with Crippen molar-refractivity contribution in [1.82, 2.24) is 19.5 Å². The maximum atomic E-state index is 6.80. The normalized spacial score (nSPS) is 11.9. The lowest BCUT2D eigenvalue weighted by molar-refractivity contribution is 0.673. The number of hydrogen-bond acceptors (Lipinski definition) is 5. The molecule has 0 aliphatic carbocycles. The zero-order valence-electron chi connectivity index (χ0n) is 27.1. The maximum Gasteiger partial charge on any atom is 0.164 e. The van der Waals surface area contributed by atoms with Gasteiger partial charge >= 0.3 is 0 Å². The van der Waals surface area contributed by atoms with Gasteiger partial charge in [0.05, 0.1) is 16.4 Å². The second-order valence-corrected chi connectivity index (χ2v) is 13.8. The van der Waals surface area contributed by atoms with Crippen LogP contribution in [0.5, 0.6) is 0 Å². The Morgan fingerprint density at radius 2 is 1.06 bits per heavy atom.